The van der Waals surface area contributed by atoms with Gasteiger partial charge < -0.3 is 10.2 Å². The van der Waals surface area contributed by atoms with Crippen LogP contribution in [0.3, 0.4) is 0 Å². The van der Waals surface area contributed by atoms with Gasteiger partial charge in [-0.05, 0) is 68.2 Å². The Morgan fingerprint density at radius 3 is 2.67 bits per heavy atom. The van der Waals surface area contributed by atoms with Crippen LogP contribution in [-0.2, 0) is 0 Å². The fourth-order valence-corrected chi connectivity index (χ4v) is 2.35. The Labute approximate surface area is 124 Å². The van der Waals surface area contributed by atoms with E-state index in [1.54, 1.807) is 18.2 Å². The van der Waals surface area contributed by atoms with Crippen LogP contribution in [0.1, 0.15) is 42.1 Å². The third-order valence-corrected chi connectivity index (χ3v) is 3.58. The van der Waals surface area contributed by atoms with E-state index in [4.69, 9.17) is 5.11 Å². The van der Waals surface area contributed by atoms with Gasteiger partial charge >= 0.3 is 5.97 Å². The number of carboxylic acid groups (broad SMARTS) is 1. The molecule has 2 N–H and O–H groups in total. The molecule has 108 valence electrons. The molecule has 1 aliphatic carbocycles. The summed E-state index contributed by atoms with van der Waals surface area (Å²) in [6, 6.07) is 6.44. The monoisotopic (exact) mass is 282 g/mol. The second-order valence-corrected chi connectivity index (χ2v) is 5.13. The van der Waals surface area contributed by atoms with E-state index < -0.39 is 5.97 Å². The Balaban J connectivity index is 2.06. The summed E-state index contributed by atoms with van der Waals surface area (Å²) >= 11 is 0. The van der Waals surface area contributed by atoms with Gasteiger partial charge in [-0.3, -0.25) is 0 Å². The zero-order valence-corrected chi connectivity index (χ0v) is 12.0. The SMILES string of the molecule is CC1=C(C=CC#Cc2ccc(C(=O)O)cc2)C(O)CCC1. The molecule has 0 fully saturated rings. The van der Waals surface area contributed by atoms with Crippen molar-refractivity contribution in [1.29, 1.82) is 0 Å². The van der Waals surface area contributed by atoms with Crippen LogP contribution in [-0.4, -0.2) is 22.3 Å². The molecule has 0 saturated carbocycles. The first-order chi connectivity index (χ1) is 10.1. The summed E-state index contributed by atoms with van der Waals surface area (Å²) in [5.74, 6) is 4.92. The Bertz CT molecular complexity index is 639. The summed E-state index contributed by atoms with van der Waals surface area (Å²) < 4.78 is 0. The van der Waals surface area contributed by atoms with Gasteiger partial charge in [0.15, 0.2) is 0 Å². The minimum absolute atomic E-state index is 0.252. The highest BCUT2D eigenvalue weighted by molar-refractivity contribution is 5.87. The van der Waals surface area contributed by atoms with Crippen LogP contribution in [0.2, 0.25) is 0 Å². The number of aromatic carboxylic acids is 1. The maximum Gasteiger partial charge on any atom is 0.335 e. The second-order valence-electron chi connectivity index (χ2n) is 5.13. The van der Waals surface area contributed by atoms with Crippen LogP contribution in [0.4, 0.5) is 0 Å². The third-order valence-electron chi connectivity index (χ3n) is 3.58. The van der Waals surface area contributed by atoms with Crippen LogP contribution in [0.15, 0.2) is 47.6 Å². The number of benzene rings is 1. The highest BCUT2D eigenvalue weighted by atomic mass is 16.4. The lowest BCUT2D eigenvalue weighted by Crippen LogP contribution is -2.14. The molecule has 1 aromatic rings. The van der Waals surface area contributed by atoms with Gasteiger partial charge in [0.05, 0.1) is 11.7 Å². The van der Waals surface area contributed by atoms with Gasteiger partial charge in [-0.1, -0.05) is 17.4 Å². The molecule has 1 unspecified atom stereocenters. The Hall–Kier alpha value is -2.31. The Kier molecular flexibility index (Phi) is 4.97. The summed E-state index contributed by atoms with van der Waals surface area (Å²) in [5.41, 5.74) is 3.20. The van der Waals surface area contributed by atoms with Crippen LogP contribution in [0.5, 0.6) is 0 Å². The van der Waals surface area contributed by atoms with Gasteiger partial charge in [-0.15, -0.1) is 0 Å². The molecule has 0 amide bonds. The molecule has 1 atom stereocenters. The standard InChI is InChI=1S/C18H18O3/c1-13-5-4-8-17(19)16(13)7-3-2-6-14-9-11-15(12-10-14)18(20)21/h3,7,9-12,17,19H,4-5,8H2,1H3,(H,20,21). The molecule has 0 heterocycles. The zero-order chi connectivity index (χ0) is 15.2. The van der Waals surface area contributed by atoms with Crippen LogP contribution < -0.4 is 0 Å². The number of carboxylic acids is 1. The fraction of sp³-hybridized carbons (Fsp3) is 0.278. The molecule has 0 aliphatic heterocycles. The number of allylic oxidation sites excluding steroid dienone is 2. The third kappa shape index (κ3) is 4.08. The maximum absolute atomic E-state index is 10.7. The summed E-state index contributed by atoms with van der Waals surface area (Å²) in [5, 5.41) is 18.7. The van der Waals surface area contributed by atoms with E-state index in [-0.39, 0.29) is 11.7 Å². The van der Waals surface area contributed by atoms with E-state index in [9.17, 15) is 9.90 Å². The van der Waals surface area contributed by atoms with Crippen LogP contribution in [0.25, 0.3) is 0 Å². The van der Waals surface area contributed by atoms with Crippen LogP contribution in [0, 0.1) is 11.8 Å². The van der Waals surface area contributed by atoms with Crippen molar-refractivity contribution in [3.05, 3.63) is 58.7 Å². The normalized spacial score (nSPS) is 18.5. The largest absolute Gasteiger partial charge is 0.478 e. The molecule has 0 bridgehead atoms. The predicted molar refractivity (Wildman–Crippen MR) is 82.0 cm³/mol. The molecule has 1 aromatic carbocycles. The van der Waals surface area contributed by atoms with Crippen molar-refractivity contribution in [1.82, 2.24) is 0 Å². The lowest BCUT2D eigenvalue weighted by atomic mass is 9.90. The average molecular weight is 282 g/mol. The van der Waals surface area contributed by atoms with Crippen molar-refractivity contribution >= 4 is 5.97 Å². The molecule has 0 radical (unpaired) electrons. The van der Waals surface area contributed by atoms with Crippen molar-refractivity contribution in [2.45, 2.75) is 32.3 Å². The summed E-state index contributed by atoms with van der Waals surface area (Å²) in [6.45, 7) is 2.04. The van der Waals surface area contributed by atoms with Gasteiger partial charge in [0.1, 0.15) is 0 Å². The van der Waals surface area contributed by atoms with Crippen molar-refractivity contribution in [3.8, 4) is 11.8 Å². The summed E-state index contributed by atoms with van der Waals surface area (Å²) in [6.07, 6.45) is 6.09. The van der Waals surface area contributed by atoms with Crippen molar-refractivity contribution < 1.29 is 15.0 Å². The first-order valence-electron chi connectivity index (χ1n) is 6.97. The van der Waals surface area contributed by atoms with Crippen molar-refractivity contribution in [2.75, 3.05) is 0 Å². The highest BCUT2D eigenvalue weighted by Crippen LogP contribution is 2.25. The number of rotatable bonds is 2. The van der Waals surface area contributed by atoms with E-state index in [0.717, 1.165) is 30.4 Å². The lowest BCUT2D eigenvalue weighted by Gasteiger charge is -2.20. The predicted octanol–water partition coefficient (Wildman–Crippen LogP) is 3.15. The molecular formula is C18H18O3. The summed E-state index contributed by atoms with van der Waals surface area (Å²) in [7, 11) is 0. The van der Waals surface area contributed by atoms with Gasteiger partial charge in [0.25, 0.3) is 0 Å². The molecule has 3 nitrogen and oxygen atoms in total. The van der Waals surface area contributed by atoms with E-state index in [1.807, 2.05) is 13.0 Å². The van der Waals surface area contributed by atoms with E-state index >= 15 is 0 Å². The molecule has 0 spiro atoms. The average Bonchev–Trinajstić information content (AvgIpc) is 2.46. The quantitative estimate of drug-likeness (QED) is 0.819. The maximum atomic E-state index is 10.7. The number of hydrogen-bond donors (Lipinski definition) is 2. The van der Waals surface area contributed by atoms with Gasteiger partial charge in [-0.25, -0.2) is 4.79 Å². The second kappa shape index (κ2) is 6.92. The molecule has 0 saturated heterocycles. The van der Waals surface area contributed by atoms with E-state index in [0.29, 0.717) is 0 Å². The lowest BCUT2D eigenvalue weighted by molar-refractivity contribution is 0.0697. The number of hydrogen-bond acceptors (Lipinski definition) is 2. The smallest absolute Gasteiger partial charge is 0.335 e. The topological polar surface area (TPSA) is 57.5 Å². The van der Waals surface area contributed by atoms with Gasteiger partial charge in [0, 0.05) is 5.56 Å². The molecule has 21 heavy (non-hydrogen) atoms. The Morgan fingerprint density at radius 2 is 2.05 bits per heavy atom. The number of carbonyl (C=O) groups is 1. The molecule has 2 rings (SSSR count). The van der Waals surface area contributed by atoms with E-state index in [2.05, 4.69) is 11.8 Å². The van der Waals surface area contributed by atoms with Crippen LogP contribution >= 0.6 is 0 Å². The number of aliphatic hydroxyl groups excluding tert-OH is 1. The minimum atomic E-state index is -0.942. The number of aliphatic hydroxyl groups is 1. The first-order valence-corrected chi connectivity index (χ1v) is 6.97. The fourth-order valence-electron chi connectivity index (χ4n) is 2.35. The zero-order valence-electron chi connectivity index (χ0n) is 12.0. The first kappa shape index (κ1) is 15.1. The van der Waals surface area contributed by atoms with Crippen molar-refractivity contribution in [3.63, 3.8) is 0 Å². The molecule has 1 aliphatic rings. The van der Waals surface area contributed by atoms with Gasteiger partial charge in [-0.2, -0.15) is 0 Å². The molecule has 3 heteroatoms. The highest BCUT2D eigenvalue weighted by Gasteiger charge is 2.15. The molecular weight excluding hydrogens is 264 g/mol. The van der Waals surface area contributed by atoms with E-state index in [1.165, 1.54) is 17.7 Å². The minimum Gasteiger partial charge on any atom is -0.478 e. The van der Waals surface area contributed by atoms with Gasteiger partial charge in [0.2, 0.25) is 0 Å². The van der Waals surface area contributed by atoms with Crippen molar-refractivity contribution in [2.24, 2.45) is 0 Å². The summed E-state index contributed by atoms with van der Waals surface area (Å²) in [4.78, 5) is 10.7. The molecule has 0 aromatic heterocycles. The Morgan fingerprint density at radius 1 is 1.33 bits per heavy atom.